The minimum Gasteiger partial charge on any atom is -0.493 e. The third-order valence-corrected chi connectivity index (χ3v) is 7.03. The number of halogens is 1. The van der Waals surface area contributed by atoms with Gasteiger partial charge in [-0.05, 0) is 68.5 Å². The highest BCUT2D eigenvalue weighted by Crippen LogP contribution is 2.30. The zero-order valence-electron chi connectivity index (χ0n) is 22.9. The number of aryl methyl sites for hydroxylation is 1. The molecule has 1 aromatic heterocycles. The van der Waals surface area contributed by atoms with Gasteiger partial charge in [-0.25, -0.2) is 14.4 Å². The van der Waals surface area contributed by atoms with Crippen molar-refractivity contribution >= 4 is 17.5 Å². The van der Waals surface area contributed by atoms with E-state index in [-0.39, 0.29) is 11.7 Å². The summed E-state index contributed by atoms with van der Waals surface area (Å²) in [5, 5.41) is 6.26. The van der Waals surface area contributed by atoms with E-state index in [1.165, 1.54) is 6.07 Å². The Morgan fingerprint density at radius 2 is 1.77 bits per heavy atom. The first kappa shape index (κ1) is 27.8. The van der Waals surface area contributed by atoms with Crippen molar-refractivity contribution in [3.05, 3.63) is 59.5 Å². The van der Waals surface area contributed by atoms with Gasteiger partial charge in [0.05, 0.1) is 37.7 Å². The van der Waals surface area contributed by atoms with Crippen molar-refractivity contribution in [1.82, 2.24) is 20.2 Å². The minimum atomic E-state index is -0.394. The van der Waals surface area contributed by atoms with Crippen LogP contribution in [0.5, 0.6) is 11.5 Å². The van der Waals surface area contributed by atoms with Crippen molar-refractivity contribution in [2.75, 3.05) is 57.9 Å². The van der Waals surface area contributed by atoms with Crippen LogP contribution in [-0.4, -0.2) is 73.4 Å². The molecule has 212 valence electrons. The minimum absolute atomic E-state index is 0.171. The molecule has 2 N–H and O–H groups in total. The molecule has 5 rings (SSSR count). The van der Waals surface area contributed by atoms with Crippen molar-refractivity contribution in [2.45, 2.75) is 32.6 Å². The standard InChI is InChI=1S/C30H36FN5O4/c1-21-20-33-30-34-23-7-8-24(29(37)32-10-11-36-12-16-38-17-13-36)26(19-23)39-14-4-2-3-5-15-40-27-18-22(28(21)35-30)6-9-25(27)31/h6-9,18-20H,2-5,10-17H2,1H3,(H,32,37)(H,33,34,35). The second-order valence-corrected chi connectivity index (χ2v) is 10.0. The number of carbonyl (C=O) groups is 1. The Balaban J connectivity index is 1.37. The Kier molecular flexibility index (Phi) is 9.41. The number of ether oxygens (including phenoxy) is 3. The Hall–Kier alpha value is -3.76. The van der Waals surface area contributed by atoms with E-state index < -0.39 is 5.82 Å². The molecule has 2 aliphatic heterocycles. The summed E-state index contributed by atoms with van der Waals surface area (Å²) >= 11 is 0. The van der Waals surface area contributed by atoms with Crippen LogP contribution in [0.15, 0.2) is 42.6 Å². The van der Waals surface area contributed by atoms with Crippen LogP contribution >= 0.6 is 0 Å². The first-order valence-electron chi connectivity index (χ1n) is 14.0. The number of nitrogens with zero attached hydrogens (tertiary/aromatic N) is 3. The summed E-state index contributed by atoms with van der Waals surface area (Å²) < 4.78 is 31.7. The molecule has 1 saturated heterocycles. The average Bonchev–Trinajstić information content (AvgIpc) is 2.96. The monoisotopic (exact) mass is 549 g/mol. The number of amides is 1. The zero-order chi connectivity index (χ0) is 27.7. The van der Waals surface area contributed by atoms with Crippen LogP contribution in [0.25, 0.3) is 11.3 Å². The van der Waals surface area contributed by atoms with Gasteiger partial charge >= 0.3 is 0 Å². The maximum Gasteiger partial charge on any atom is 0.255 e. The summed E-state index contributed by atoms with van der Waals surface area (Å²) in [5.74, 6) is 0.540. The van der Waals surface area contributed by atoms with Crippen LogP contribution in [0.4, 0.5) is 16.0 Å². The summed E-state index contributed by atoms with van der Waals surface area (Å²) in [6.07, 6.45) is 5.21. The van der Waals surface area contributed by atoms with Crippen LogP contribution in [0.1, 0.15) is 41.6 Å². The van der Waals surface area contributed by atoms with Gasteiger partial charge in [0.2, 0.25) is 5.95 Å². The lowest BCUT2D eigenvalue weighted by atomic mass is 10.1. The van der Waals surface area contributed by atoms with Gasteiger partial charge in [-0.15, -0.1) is 0 Å². The molecule has 40 heavy (non-hydrogen) atoms. The zero-order valence-corrected chi connectivity index (χ0v) is 22.9. The molecule has 3 heterocycles. The summed E-state index contributed by atoms with van der Waals surface area (Å²) in [6, 6.07) is 10.2. The number of aromatic nitrogens is 2. The summed E-state index contributed by atoms with van der Waals surface area (Å²) in [6.45, 7) is 7.34. The molecule has 10 heteroatoms. The molecule has 1 amide bonds. The predicted octanol–water partition coefficient (Wildman–Crippen LogP) is 4.73. The maximum atomic E-state index is 14.4. The van der Waals surface area contributed by atoms with Crippen molar-refractivity contribution in [3.8, 4) is 22.8 Å². The molecule has 9 nitrogen and oxygen atoms in total. The highest BCUT2D eigenvalue weighted by atomic mass is 19.1. The second kappa shape index (κ2) is 13.5. The van der Waals surface area contributed by atoms with Gasteiger partial charge < -0.3 is 24.8 Å². The molecular formula is C30H36FN5O4. The molecule has 6 bridgehead atoms. The fourth-order valence-corrected chi connectivity index (χ4v) is 4.76. The Bertz CT molecular complexity index is 1320. The molecule has 0 radical (unpaired) electrons. The lowest BCUT2D eigenvalue weighted by Crippen LogP contribution is -2.41. The molecular weight excluding hydrogens is 513 g/mol. The molecule has 0 atom stereocenters. The van der Waals surface area contributed by atoms with Crippen LogP contribution in [-0.2, 0) is 4.74 Å². The van der Waals surface area contributed by atoms with Gasteiger partial charge in [-0.2, -0.15) is 0 Å². The van der Waals surface area contributed by atoms with Crippen LogP contribution < -0.4 is 20.1 Å². The number of rotatable bonds is 4. The molecule has 3 aromatic rings. The van der Waals surface area contributed by atoms with E-state index in [1.54, 1.807) is 24.4 Å². The van der Waals surface area contributed by atoms with Crippen molar-refractivity contribution in [2.24, 2.45) is 0 Å². The number of morpholine rings is 1. The average molecular weight is 550 g/mol. The number of hydrogen-bond donors (Lipinski definition) is 2. The van der Waals surface area contributed by atoms with Gasteiger partial charge in [-0.3, -0.25) is 9.69 Å². The van der Waals surface area contributed by atoms with Gasteiger partial charge in [-0.1, -0.05) is 0 Å². The maximum absolute atomic E-state index is 14.4. The highest BCUT2D eigenvalue weighted by Gasteiger charge is 2.17. The van der Waals surface area contributed by atoms with Gasteiger partial charge in [0.1, 0.15) is 5.75 Å². The number of fused-ring (bicyclic) bond motifs is 7. The molecule has 0 unspecified atom stereocenters. The Morgan fingerprint density at radius 3 is 2.58 bits per heavy atom. The van der Waals surface area contributed by atoms with Crippen molar-refractivity contribution < 1.29 is 23.4 Å². The number of benzene rings is 2. The Labute approximate surface area is 234 Å². The van der Waals surface area contributed by atoms with Crippen LogP contribution in [0.2, 0.25) is 0 Å². The largest absolute Gasteiger partial charge is 0.493 e. The molecule has 2 aromatic carbocycles. The molecule has 1 fully saturated rings. The van der Waals surface area contributed by atoms with E-state index >= 15 is 0 Å². The Morgan fingerprint density at radius 1 is 1.00 bits per heavy atom. The van der Waals surface area contributed by atoms with Crippen LogP contribution in [0, 0.1) is 12.7 Å². The molecule has 0 saturated carbocycles. The number of nitrogens with one attached hydrogen (secondary N) is 2. The van der Waals surface area contributed by atoms with E-state index in [0.717, 1.165) is 69.7 Å². The molecule has 0 spiro atoms. The third-order valence-electron chi connectivity index (χ3n) is 7.03. The van der Waals surface area contributed by atoms with Gasteiger partial charge in [0.15, 0.2) is 11.6 Å². The SMILES string of the molecule is Cc1cnc2nc1-c1ccc(F)c(c1)OCCCCCCOc1cc(ccc1C(=O)NCCN1CCOCC1)N2. The fourth-order valence-electron chi connectivity index (χ4n) is 4.76. The van der Waals surface area contributed by atoms with Crippen LogP contribution in [0.3, 0.4) is 0 Å². The quantitative estimate of drug-likeness (QED) is 0.482. The van der Waals surface area contributed by atoms with E-state index in [1.807, 2.05) is 19.1 Å². The normalized spacial score (nSPS) is 16.4. The number of hydrogen-bond acceptors (Lipinski definition) is 8. The first-order valence-corrected chi connectivity index (χ1v) is 14.0. The summed E-state index contributed by atoms with van der Waals surface area (Å²) in [4.78, 5) is 24.5. The van der Waals surface area contributed by atoms with Gasteiger partial charge in [0, 0.05) is 49.7 Å². The van der Waals surface area contributed by atoms with E-state index in [2.05, 4.69) is 20.5 Å². The predicted molar refractivity (Wildman–Crippen MR) is 151 cm³/mol. The van der Waals surface area contributed by atoms with Crippen molar-refractivity contribution in [3.63, 3.8) is 0 Å². The highest BCUT2D eigenvalue weighted by molar-refractivity contribution is 5.97. The number of anilines is 2. The number of carbonyl (C=O) groups excluding carboxylic acids is 1. The topological polar surface area (TPSA) is 97.8 Å². The van der Waals surface area contributed by atoms with E-state index in [4.69, 9.17) is 19.2 Å². The molecule has 0 aliphatic carbocycles. The smallest absolute Gasteiger partial charge is 0.255 e. The lowest BCUT2D eigenvalue weighted by Gasteiger charge is -2.26. The second-order valence-electron chi connectivity index (χ2n) is 10.0. The van der Waals surface area contributed by atoms with Gasteiger partial charge in [0.25, 0.3) is 5.91 Å². The summed E-state index contributed by atoms with van der Waals surface area (Å²) in [7, 11) is 0. The van der Waals surface area contributed by atoms with E-state index in [9.17, 15) is 9.18 Å². The van der Waals surface area contributed by atoms with Crippen molar-refractivity contribution in [1.29, 1.82) is 0 Å². The summed E-state index contributed by atoms with van der Waals surface area (Å²) in [5.41, 5.74) is 3.45. The fraction of sp³-hybridized carbons (Fsp3) is 0.433. The third kappa shape index (κ3) is 7.25. The lowest BCUT2D eigenvalue weighted by molar-refractivity contribution is 0.0383. The van der Waals surface area contributed by atoms with E-state index in [0.29, 0.717) is 48.4 Å². The molecule has 2 aliphatic rings. The first-order chi connectivity index (χ1) is 19.6.